The zero-order valence-corrected chi connectivity index (χ0v) is 19.1. The predicted molar refractivity (Wildman–Crippen MR) is 121 cm³/mol. The Morgan fingerprint density at radius 2 is 1.88 bits per heavy atom. The van der Waals surface area contributed by atoms with Gasteiger partial charge in [-0.25, -0.2) is 13.6 Å². The van der Waals surface area contributed by atoms with Crippen LogP contribution in [-0.2, 0) is 19.7 Å². The standard InChI is InChI=1S/C23H22BrF2N3O3/c1-14-8-20(32-13-17-6-7-18(25)10-19(17)26)21(24)22(30)29(14)12-16-5-3-4-15(9-16)11-28-23(31)27-2/h3-10H,11-13H2,1-2H3,(H2,27,28,31). The number of urea groups is 1. The first-order valence-corrected chi connectivity index (χ1v) is 10.6. The maximum atomic E-state index is 13.8. The summed E-state index contributed by atoms with van der Waals surface area (Å²) in [5.41, 5.74) is 2.33. The number of carbonyl (C=O) groups excluding carboxylic acids is 1. The second-order valence-electron chi connectivity index (χ2n) is 7.13. The molecule has 0 saturated heterocycles. The highest BCUT2D eigenvalue weighted by molar-refractivity contribution is 9.10. The Hall–Kier alpha value is -3.20. The highest BCUT2D eigenvalue weighted by Gasteiger charge is 2.14. The number of amides is 2. The van der Waals surface area contributed by atoms with Crippen LogP contribution in [0.4, 0.5) is 13.6 Å². The van der Waals surface area contributed by atoms with Gasteiger partial charge in [0.05, 0.1) is 6.54 Å². The first-order valence-electron chi connectivity index (χ1n) is 9.78. The van der Waals surface area contributed by atoms with E-state index in [1.165, 1.54) is 6.07 Å². The molecule has 0 aliphatic rings. The summed E-state index contributed by atoms with van der Waals surface area (Å²) in [5.74, 6) is -1.10. The molecule has 2 amide bonds. The van der Waals surface area contributed by atoms with E-state index >= 15 is 0 Å². The van der Waals surface area contributed by atoms with E-state index < -0.39 is 11.6 Å². The molecule has 0 spiro atoms. The molecule has 0 radical (unpaired) electrons. The summed E-state index contributed by atoms with van der Waals surface area (Å²) in [6.45, 7) is 2.31. The minimum Gasteiger partial charge on any atom is -0.487 e. The average Bonchev–Trinajstić information content (AvgIpc) is 2.77. The van der Waals surface area contributed by atoms with Gasteiger partial charge in [0.15, 0.2) is 0 Å². The summed E-state index contributed by atoms with van der Waals surface area (Å²) in [7, 11) is 1.54. The van der Waals surface area contributed by atoms with Crippen LogP contribution in [0.1, 0.15) is 22.4 Å². The first-order chi connectivity index (χ1) is 15.3. The van der Waals surface area contributed by atoms with Crippen molar-refractivity contribution in [1.29, 1.82) is 0 Å². The van der Waals surface area contributed by atoms with Crippen molar-refractivity contribution in [3.05, 3.63) is 97.4 Å². The number of ether oxygens (including phenoxy) is 1. The summed E-state index contributed by atoms with van der Waals surface area (Å²) in [4.78, 5) is 24.3. The molecule has 0 aliphatic carbocycles. The van der Waals surface area contributed by atoms with Gasteiger partial charge in [0, 0.05) is 37.0 Å². The minimum absolute atomic E-state index is 0.145. The lowest BCUT2D eigenvalue weighted by molar-refractivity contribution is 0.242. The Labute approximate surface area is 192 Å². The van der Waals surface area contributed by atoms with Crippen molar-refractivity contribution in [1.82, 2.24) is 15.2 Å². The average molecular weight is 506 g/mol. The van der Waals surface area contributed by atoms with Gasteiger partial charge >= 0.3 is 6.03 Å². The van der Waals surface area contributed by atoms with Crippen LogP contribution in [-0.4, -0.2) is 17.6 Å². The highest BCUT2D eigenvalue weighted by Crippen LogP contribution is 2.24. The second-order valence-corrected chi connectivity index (χ2v) is 7.93. The molecule has 168 valence electrons. The van der Waals surface area contributed by atoms with E-state index in [1.807, 2.05) is 24.3 Å². The number of aryl methyl sites for hydroxylation is 1. The lowest BCUT2D eigenvalue weighted by Crippen LogP contribution is -2.32. The van der Waals surface area contributed by atoms with Gasteiger partial charge in [-0.05, 0) is 46.1 Å². The molecular weight excluding hydrogens is 484 g/mol. The van der Waals surface area contributed by atoms with Crippen molar-refractivity contribution < 1.29 is 18.3 Å². The van der Waals surface area contributed by atoms with Gasteiger partial charge in [-0.3, -0.25) is 4.79 Å². The monoisotopic (exact) mass is 505 g/mol. The SMILES string of the molecule is CNC(=O)NCc1cccc(Cn2c(C)cc(OCc3ccc(F)cc3F)c(Br)c2=O)c1. The maximum absolute atomic E-state index is 13.8. The fraction of sp³-hybridized carbons (Fsp3) is 0.217. The van der Waals surface area contributed by atoms with Gasteiger partial charge in [0.1, 0.15) is 28.5 Å². The van der Waals surface area contributed by atoms with Crippen LogP contribution in [0.2, 0.25) is 0 Å². The molecule has 3 aromatic rings. The van der Waals surface area contributed by atoms with Crippen LogP contribution >= 0.6 is 15.9 Å². The molecule has 2 N–H and O–H groups in total. The van der Waals surface area contributed by atoms with E-state index in [9.17, 15) is 18.4 Å². The number of aromatic nitrogens is 1. The fourth-order valence-electron chi connectivity index (χ4n) is 3.10. The van der Waals surface area contributed by atoms with E-state index in [2.05, 4.69) is 26.6 Å². The van der Waals surface area contributed by atoms with Crippen LogP contribution in [0.3, 0.4) is 0 Å². The summed E-state index contributed by atoms with van der Waals surface area (Å²) in [5, 5.41) is 5.22. The third-order valence-corrected chi connectivity index (χ3v) is 5.56. The van der Waals surface area contributed by atoms with Crippen LogP contribution < -0.4 is 20.9 Å². The Kier molecular flexibility index (Phi) is 7.63. The van der Waals surface area contributed by atoms with E-state index in [4.69, 9.17) is 4.74 Å². The Balaban J connectivity index is 1.77. The molecule has 6 nitrogen and oxygen atoms in total. The molecule has 9 heteroatoms. The topological polar surface area (TPSA) is 72.4 Å². The van der Waals surface area contributed by atoms with Gasteiger partial charge in [-0.2, -0.15) is 0 Å². The minimum atomic E-state index is -0.711. The predicted octanol–water partition coefficient (Wildman–Crippen LogP) is 4.25. The summed E-state index contributed by atoms with van der Waals surface area (Å²) < 4.78 is 34.3. The van der Waals surface area contributed by atoms with E-state index in [0.717, 1.165) is 23.3 Å². The number of hydrogen-bond donors (Lipinski definition) is 2. The highest BCUT2D eigenvalue weighted by atomic mass is 79.9. The molecule has 0 aliphatic heterocycles. The molecule has 1 heterocycles. The largest absolute Gasteiger partial charge is 0.487 e. The number of hydrogen-bond acceptors (Lipinski definition) is 3. The van der Waals surface area contributed by atoms with Crippen LogP contribution in [0.15, 0.2) is 57.8 Å². The van der Waals surface area contributed by atoms with Gasteiger partial charge in [0.2, 0.25) is 0 Å². The van der Waals surface area contributed by atoms with Crippen molar-refractivity contribution in [2.24, 2.45) is 0 Å². The fourth-order valence-corrected chi connectivity index (χ4v) is 3.55. The molecule has 0 unspecified atom stereocenters. The number of nitrogens with one attached hydrogen (secondary N) is 2. The molecule has 32 heavy (non-hydrogen) atoms. The number of rotatable bonds is 7. The number of pyridine rings is 1. The zero-order valence-electron chi connectivity index (χ0n) is 17.5. The molecule has 0 fully saturated rings. The van der Waals surface area contributed by atoms with Crippen LogP contribution in [0.5, 0.6) is 5.75 Å². The van der Waals surface area contributed by atoms with Gasteiger partial charge in [-0.1, -0.05) is 24.3 Å². The molecule has 0 bridgehead atoms. The quantitative estimate of drug-likeness (QED) is 0.504. The first kappa shape index (κ1) is 23.5. The molecule has 3 rings (SSSR count). The Bertz CT molecular complexity index is 1200. The van der Waals surface area contributed by atoms with Crippen molar-refractivity contribution in [2.75, 3.05) is 7.05 Å². The van der Waals surface area contributed by atoms with E-state index in [-0.39, 0.29) is 34.0 Å². The van der Waals surface area contributed by atoms with Crippen molar-refractivity contribution in [3.8, 4) is 5.75 Å². The number of nitrogens with zero attached hydrogens (tertiary/aromatic N) is 1. The summed E-state index contributed by atoms with van der Waals surface area (Å²) in [6.07, 6.45) is 0. The summed E-state index contributed by atoms with van der Waals surface area (Å²) in [6, 6.07) is 12.2. The van der Waals surface area contributed by atoms with E-state index in [0.29, 0.717) is 18.8 Å². The lowest BCUT2D eigenvalue weighted by Gasteiger charge is -2.15. The van der Waals surface area contributed by atoms with Crippen molar-refractivity contribution in [3.63, 3.8) is 0 Å². The zero-order chi connectivity index (χ0) is 23.3. The maximum Gasteiger partial charge on any atom is 0.314 e. The normalized spacial score (nSPS) is 10.7. The second kappa shape index (κ2) is 10.4. The molecule has 1 aromatic heterocycles. The van der Waals surface area contributed by atoms with Crippen LogP contribution in [0, 0.1) is 18.6 Å². The third kappa shape index (κ3) is 5.73. The van der Waals surface area contributed by atoms with Gasteiger partial charge in [0.25, 0.3) is 5.56 Å². The lowest BCUT2D eigenvalue weighted by atomic mass is 10.1. The smallest absolute Gasteiger partial charge is 0.314 e. The van der Waals surface area contributed by atoms with Crippen LogP contribution in [0.25, 0.3) is 0 Å². The Morgan fingerprint density at radius 3 is 2.59 bits per heavy atom. The summed E-state index contributed by atoms with van der Waals surface area (Å²) >= 11 is 3.28. The van der Waals surface area contributed by atoms with Crippen molar-refractivity contribution in [2.45, 2.75) is 26.6 Å². The molecule has 0 atom stereocenters. The van der Waals surface area contributed by atoms with E-state index in [1.54, 1.807) is 24.6 Å². The Morgan fingerprint density at radius 1 is 1.12 bits per heavy atom. The molecular formula is C23H22BrF2N3O3. The third-order valence-electron chi connectivity index (χ3n) is 4.83. The number of carbonyl (C=O) groups is 1. The molecule has 0 saturated carbocycles. The number of halogens is 3. The van der Waals surface area contributed by atoms with Crippen molar-refractivity contribution >= 4 is 22.0 Å². The van der Waals surface area contributed by atoms with Gasteiger partial charge < -0.3 is 19.9 Å². The van der Waals surface area contributed by atoms with Gasteiger partial charge in [-0.15, -0.1) is 0 Å². The molecule has 2 aromatic carbocycles. The number of benzene rings is 2.